The van der Waals surface area contributed by atoms with Crippen molar-refractivity contribution in [3.05, 3.63) is 53.5 Å². The first-order chi connectivity index (χ1) is 15.7. The van der Waals surface area contributed by atoms with E-state index in [9.17, 15) is 4.79 Å². The van der Waals surface area contributed by atoms with E-state index in [1.165, 1.54) is 5.56 Å². The first kappa shape index (κ1) is 20.4. The summed E-state index contributed by atoms with van der Waals surface area (Å²) in [6.45, 7) is 6.28. The van der Waals surface area contributed by atoms with E-state index in [0.29, 0.717) is 49.3 Å². The van der Waals surface area contributed by atoms with Gasteiger partial charge in [-0.15, -0.1) is 0 Å². The van der Waals surface area contributed by atoms with E-state index in [0.717, 1.165) is 18.7 Å². The van der Waals surface area contributed by atoms with Crippen LogP contribution in [0.2, 0.25) is 0 Å². The average molecular weight is 435 g/mol. The van der Waals surface area contributed by atoms with Crippen molar-refractivity contribution in [2.75, 3.05) is 49.7 Å². The fourth-order valence-corrected chi connectivity index (χ4v) is 3.71. The maximum absolute atomic E-state index is 12.6. The molecule has 0 spiro atoms. The normalized spacial score (nSPS) is 17.0. The largest absolute Gasteiger partial charge is 0.378 e. The lowest BCUT2D eigenvalue weighted by Crippen LogP contribution is -2.56. The zero-order valence-electron chi connectivity index (χ0n) is 17.9. The van der Waals surface area contributed by atoms with Crippen LogP contribution in [0.3, 0.4) is 0 Å². The highest BCUT2D eigenvalue weighted by atomic mass is 16.5. The SMILES string of the molecule is Cc1cccc(/C=N/Nc2cn3cc(C(=O)NC4CNC4)nc3c(N3CCOCC3)n2)c1. The zero-order chi connectivity index (χ0) is 21.9. The van der Waals surface area contributed by atoms with Crippen LogP contribution >= 0.6 is 0 Å². The lowest BCUT2D eigenvalue weighted by molar-refractivity contribution is 0.0919. The van der Waals surface area contributed by atoms with Gasteiger partial charge < -0.3 is 20.3 Å². The van der Waals surface area contributed by atoms with Crippen LogP contribution in [0.15, 0.2) is 41.8 Å². The van der Waals surface area contributed by atoms with Gasteiger partial charge in [0.1, 0.15) is 5.69 Å². The van der Waals surface area contributed by atoms with Gasteiger partial charge in [0.25, 0.3) is 5.91 Å². The number of aryl methyl sites for hydroxylation is 1. The van der Waals surface area contributed by atoms with E-state index < -0.39 is 0 Å². The third kappa shape index (κ3) is 4.41. The molecule has 10 nitrogen and oxygen atoms in total. The summed E-state index contributed by atoms with van der Waals surface area (Å²) < 4.78 is 7.32. The molecular formula is C22H26N8O2. The first-order valence-electron chi connectivity index (χ1n) is 10.8. The maximum atomic E-state index is 12.6. The Labute approximate surface area is 185 Å². The molecule has 4 heterocycles. The summed E-state index contributed by atoms with van der Waals surface area (Å²) in [7, 11) is 0. The smallest absolute Gasteiger partial charge is 0.271 e. The number of carbonyl (C=O) groups is 1. The number of hydrogen-bond donors (Lipinski definition) is 3. The molecule has 5 rings (SSSR count). The second kappa shape index (κ2) is 8.93. The topological polar surface area (TPSA) is 108 Å². The van der Waals surface area contributed by atoms with Gasteiger partial charge in [0.05, 0.1) is 31.7 Å². The molecule has 1 aromatic carbocycles. The van der Waals surface area contributed by atoms with E-state index in [2.05, 4.69) is 37.1 Å². The van der Waals surface area contributed by atoms with Gasteiger partial charge in [-0.25, -0.2) is 9.97 Å². The number of fused-ring (bicyclic) bond motifs is 1. The molecule has 1 amide bonds. The van der Waals surface area contributed by atoms with E-state index in [-0.39, 0.29) is 11.9 Å². The van der Waals surface area contributed by atoms with Crippen LogP contribution in [0, 0.1) is 6.92 Å². The van der Waals surface area contributed by atoms with Gasteiger partial charge >= 0.3 is 0 Å². The highest BCUT2D eigenvalue weighted by molar-refractivity contribution is 5.93. The molecule has 32 heavy (non-hydrogen) atoms. The second-order valence-electron chi connectivity index (χ2n) is 8.02. The molecule has 2 aliphatic rings. The number of imidazole rings is 1. The Morgan fingerprint density at radius 1 is 1.25 bits per heavy atom. The van der Waals surface area contributed by atoms with Crippen molar-refractivity contribution in [3.63, 3.8) is 0 Å². The van der Waals surface area contributed by atoms with Gasteiger partial charge in [-0.05, 0) is 12.5 Å². The number of amides is 1. The van der Waals surface area contributed by atoms with Crippen LogP contribution < -0.4 is 21.0 Å². The van der Waals surface area contributed by atoms with Crippen LogP contribution in [-0.2, 0) is 4.74 Å². The number of aromatic nitrogens is 3. The highest BCUT2D eigenvalue weighted by Gasteiger charge is 2.23. The van der Waals surface area contributed by atoms with E-state index in [4.69, 9.17) is 9.72 Å². The predicted molar refractivity (Wildman–Crippen MR) is 123 cm³/mol. The van der Waals surface area contributed by atoms with Gasteiger partial charge in [0.2, 0.25) is 0 Å². The lowest BCUT2D eigenvalue weighted by atomic mass is 10.2. The summed E-state index contributed by atoms with van der Waals surface area (Å²) in [5.74, 6) is 1.09. The average Bonchev–Trinajstić information content (AvgIpc) is 3.21. The fourth-order valence-electron chi connectivity index (χ4n) is 3.71. The standard InChI is InChI=1S/C22H26N8O2/c1-15-3-2-4-16(9-15)10-24-28-19-14-30-13-18(22(31)25-17-11-23-12-17)26-20(30)21(27-19)29-5-7-32-8-6-29/h2-4,9-10,13-14,17,23,28H,5-8,11-12H2,1H3,(H,25,31)/b24-10+. The van der Waals surface area contributed by atoms with Crippen molar-refractivity contribution >= 4 is 29.4 Å². The Bertz CT molecular complexity index is 1150. The third-order valence-electron chi connectivity index (χ3n) is 5.51. The van der Waals surface area contributed by atoms with Gasteiger partial charge in [-0.1, -0.05) is 29.8 Å². The molecule has 2 aromatic heterocycles. The molecule has 0 radical (unpaired) electrons. The molecule has 0 atom stereocenters. The summed E-state index contributed by atoms with van der Waals surface area (Å²) in [4.78, 5) is 24.1. The van der Waals surface area contributed by atoms with Crippen molar-refractivity contribution in [3.8, 4) is 0 Å². The number of carbonyl (C=O) groups excluding carboxylic acids is 1. The van der Waals surface area contributed by atoms with E-state index in [1.54, 1.807) is 18.6 Å². The Hall–Kier alpha value is -3.50. The van der Waals surface area contributed by atoms with E-state index >= 15 is 0 Å². The Morgan fingerprint density at radius 2 is 2.09 bits per heavy atom. The molecular weight excluding hydrogens is 408 g/mol. The van der Waals surface area contributed by atoms with E-state index in [1.807, 2.05) is 29.5 Å². The molecule has 3 N–H and O–H groups in total. The zero-order valence-corrected chi connectivity index (χ0v) is 17.9. The number of hydrogen-bond acceptors (Lipinski definition) is 8. The van der Waals surface area contributed by atoms with Crippen LogP contribution in [-0.4, -0.2) is 71.9 Å². The lowest BCUT2D eigenvalue weighted by Gasteiger charge is -2.28. The maximum Gasteiger partial charge on any atom is 0.271 e. The number of nitrogens with zero attached hydrogens (tertiary/aromatic N) is 5. The molecule has 0 unspecified atom stereocenters. The molecule has 0 bridgehead atoms. The Kier molecular flexibility index (Phi) is 5.70. The molecule has 2 aliphatic heterocycles. The van der Waals surface area contributed by atoms with Gasteiger partial charge in [0, 0.05) is 32.4 Å². The molecule has 2 saturated heterocycles. The van der Waals surface area contributed by atoms with Crippen molar-refractivity contribution in [1.29, 1.82) is 0 Å². The van der Waals surface area contributed by atoms with Crippen LogP contribution in [0.1, 0.15) is 21.6 Å². The van der Waals surface area contributed by atoms with Crippen LogP contribution in [0.4, 0.5) is 11.6 Å². The van der Waals surface area contributed by atoms with Crippen LogP contribution in [0.5, 0.6) is 0 Å². The van der Waals surface area contributed by atoms with Crippen molar-refractivity contribution in [1.82, 2.24) is 25.0 Å². The molecule has 10 heteroatoms. The number of morpholine rings is 1. The number of ether oxygens (including phenoxy) is 1. The number of rotatable bonds is 6. The fraction of sp³-hybridized carbons (Fsp3) is 0.364. The van der Waals surface area contributed by atoms with Crippen LogP contribution in [0.25, 0.3) is 5.65 Å². The summed E-state index contributed by atoms with van der Waals surface area (Å²) in [5, 5.41) is 10.5. The molecule has 3 aromatic rings. The first-order valence-corrected chi connectivity index (χ1v) is 10.8. The number of benzene rings is 1. The Morgan fingerprint density at radius 3 is 2.84 bits per heavy atom. The quantitative estimate of drug-likeness (QED) is 0.393. The summed E-state index contributed by atoms with van der Waals surface area (Å²) in [6, 6.07) is 8.24. The minimum Gasteiger partial charge on any atom is -0.378 e. The predicted octanol–water partition coefficient (Wildman–Crippen LogP) is 1.02. The molecule has 166 valence electrons. The summed E-state index contributed by atoms with van der Waals surface area (Å²) in [6.07, 6.45) is 5.28. The summed E-state index contributed by atoms with van der Waals surface area (Å²) >= 11 is 0. The highest BCUT2D eigenvalue weighted by Crippen LogP contribution is 2.23. The third-order valence-corrected chi connectivity index (χ3v) is 5.51. The van der Waals surface area contributed by atoms with Crippen molar-refractivity contribution in [2.24, 2.45) is 5.10 Å². The van der Waals surface area contributed by atoms with Crippen molar-refractivity contribution in [2.45, 2.75) is 13.0 Å². The van der Waals surface area contributed by atoms with Gasteiger partial charge in [-0.2, -0.15) is 5.10 Å². The number of hydrazone groups is 1. The number of nitrogens with one attached hydrogen (secondary N) is 3. The molecule has 2 fully saturated rings. The minimum atomic E-state index is -0.180. The van der Waals surface area contributed by atoms with Gasteiger partial charge in [0.15, 0.2) is 17.3 Å². The van der Waals surface area contributed by atoms with Crippen molar-refractivity contribution < 1.29 is 9.53 Å². The summed E-state index contributed by atoms with van der Waals surface area (Å²) in [5.41, 5.74) is 6.19. The second-order valence-corrected chi connectivity index (χ2v) is 8.02. The minimum absolute atomic E-state index is 0.150. The molecule has 0 aliphatic carbocycles. The Balaban J connectivity index is 1.43. The molecule has 0 saturated carbocycles. The number of anilines is 2. The van der Waals surface area contributed by atoms with Gasteiger partial charge in [-0.3, -0.25) is 14.6 Å². The monoisotopic (exact) mass is 434 g/mol.